The lowest BCUT2D eigenvalue weighted by molar-refractivity contribution is 0.199. The van der Waals surface area contributed by atoms with Crippen LogP contribution in [0.3, 0.4) is 0 Å². The van der Waals surface area contributed by atoms with Crippen molar-refractivity contribution in [2.45, 2.75) is 16.6 Å². The van der Waals surface area contributed by atoms with Crippen LogP contribution in [0.15, 0.2) is 28.3 Å². The van der Waals surface area contributed by atoms with Crippen LogP contribution in [-0.4, -0.2) is 40.5 Å². The van der Waals surface area contributed by atoms with Gasteiger partial charge in [0.25, 0.3) is 0 Å². The molecule has 2 aromatic rings. The summed E-state index contributed by atoms with van der Waals surface area (Å²) in [4.78, 5) is 0.844. The number of benzene rings is 1. The Labute approximate surface area is 127 Å². The molecule has 0 aliphatic carbocycles. The lowest BCUT2D eigenvalue weighted by Gasteiger charge is -2.07. The number of nitrogens with one attached hydrogen (secondary N) is 1. The molecule has 7 nitrogen and oxygen atoms in total. The molecule has 0 saturated heterocycles. The number of aryl methyl sites for hydroxylation is 1. The summed E-state index contributed by atoms with van der Waals surface area (Å²) >= 11 is 1.38. The van der Waals surface area contributed by atoms with Crippen molar-refractivity contribution < 1.29 is 4.74 Å². The maximum Gasteiger partial charge on any atom is 0.213 e. The van der Waals surface area contributed by atoms with Crippen LogP contribution in [0.25, 0.3) is 0 Å². The van der Waals surface area contributed by atoms with Crippen molar-refractivity contribution in [3.8, 4) is 6.07 Å². The van der Waals surface area contributed by atoms with Crippen LogP contribution in [0, 0.1) is 11.3 Å². The molecule has 0 amide bonds. The van der Waals surface area contributed by atoms with Gasteiger partial charge in [-0.15, -0.1) is 5.10 Å². The summed E-state index contributed by atoms with van der Waals surface area (Å²) < 4.78 is 6.55. The van der Waals surface area contributed by atoms with E-state index in [1.54, 1.807) is 18.8 Å². The van der Waals surface area contributed by atoms with Crippen LogP contribution in [-0.2, 0) is 18.3 Å². The number of aromatic nitrogens is 4. The van der Waals surface area contributed by atoms with E-state index in [2.05, 4.69) is 26.9 Å². The summed E-state index contributed by atoms with van der Waals surface area (Å²) in [6.07, 6.45) is 0. The molecule has 8 heteroatoms. The Bertz CT molecular complexity index is 636. The van der Waals surface area contributed by atoms with Crippen molar-refractivity contribution in [1.29, 1.82) is 5.26 Å². The first-order valence-corrected chi connectivity index (χ1v) is 7.19. The third-order valence-electron chi connectivity index (χ3n) is 2.76. The van der Waals surface area contributed by atoms with Gasteiger partial charge in [0.15, 0.2) is 0 Å². The Morgan fingerprint density at radius 3 is 3.00 bits per heavy atom. The zero-order chi connectivity index (χ0) is 15.1. The first-order chi connectivity index (χ1) is 10.2. The van der Waals surface area contributed by atoms with E-state index < -0.39 is 0 Å². The summed E-state index contributed by atoms with van der Waals surface area (Å²) in [5.41, 5.74) is 1.68. The molecule has 0 spiro atoms. The molecule has 1 aromatic heterocycles. The first kappa shape index (κ1) is 15.4. The fourth-order valence-corrected chi connectivity index (χ4v) is 2.47. The lowest BCUT2D eigenvalue weighted by Crippen LogP contribution is -2.18. The van der Waals surface area contributed by atoms with Crippen LogP contribution in [0.4, 0.5) is 0 Å². The molecule has 0 atom stereocenters. The number of tetrazole rings is 1. The SMILES string of the molecule is COCCNCc1ccc(Sc2nnnn2C)c(C#N)c1. The monoisotopic (exact) mass is 304 g/mol. The van der Waals surface area contributed by atoms with Crippen molar-refractivity contribution in [2.75, 3.05) is 20.3 Å². The third-order valence-corrected chi connectivity index (χ3v) is 3.86. The van der Waals surface area contributed by atoms with E-state index in [0.29, 0.717) is 23.9 Å². The fourth-order valence-electron chi connectivity index (χ4n) is 1.68. The van der Waals surface area contributed by atoms with E-state index in [0.717, 1.165) is 17.0 Å². The molecular formula is C13H16N6OS. The average molecular weight is 304 g/mol. The van der Waals surface area contributed by atoms with Gasteiger partial charge in [0.05, 0.1) is 12.2 Å². The Morgan fingerprint density at radius 1 is 1.48 bits per heavy atom. The highest BCUT2D eigenvalue weighted by atomic mass is 32.2. The quantitative estimate of drug-likeness (QED) is 0.762. The van der Waals surface area contributed by atoms with E-state index in [-0.39, 0.29) is 0 Å². The molecule has 0 fully saturated rings. The van der Waals surface area contributed by atoms with E-state index in [4.69, 9.17) is 4.74 Å². The fraction of sp³-hybridized carbons (Fsp3) is 0.385. The van der Waals surface area contributed by atoms with Gasteiger partial charge in [-0.25, -0.2) is 4.68 Å². The van der Waals surface area contributed by atoms with Gasteiger partial charge in [-0.2, -0.15) is 5.26 Å². The van der Waals surface area contributed by atoms with Crippen LogP contribution in [0.1, 0.15) is 11.1 Å². The molecule has 2 rings (SSSR count). The highest BCUT2D eigenvalue weighted by Crippen LogP contribution is 2.28. The topological polar surface area (TPSA) is 88.7 Å². The zero-order valence-corrected chi connectivity index (χ0v) is 12.7. The second-order valence-electron chi connectivity index (χ2n) is 4.30. The van der Waals surface area contributed by atoms with Crippen molar-refractivity contribution in [2.24, 2.45) is 7.05 Å². The highest BCUT2D eigenvalue weighted by Gasteiger charge is 2.10. The number of hydrogen-bond donors (Lipinski definition) is 1. The third kappa shape index (κ3) is 4.26. The van der Waals surface area contributed by atoms with Crippen LogP contribution < -0.4 is 5.32 Å². The second kappa shape index (κ2) is 7.73. The molecule has 1 heterocycles. The average Bonchev–Trinajstić information content (AvgIpc) is 2.90. The first-order valence-electron chi connectivity index (χ1n) is 6.37. The van der Waals surface area contributed by atoms with E-state index in [1.165, 1.54) is 11.8 Å². The second-order valence-corrected chi connectivity index (χ2v) is 5.31. The molecular weight excluding hydrogens is 288 g/mol. The molecule has 0 saturated carbocycles. The van der Waals surface area contributed by atoms with Crippen molar-refractivity contribution in [3.05, 3.63) is 29.3 Å². The van der Waals surface area contributed by atoms with E-state index >= 15 is 0 Å². The number of ether oxygens (including phenoxy) is 1. The van der Waals surface area contributed by atoms with Gasteiger partial charge in [0, 0.05) is 32.1 Å². The normalized spacial score (nSPS) is 10.5. The Morgan fingerprint density at radius 2 is 2.33 bits per heavy atom. The van der Waals surface area contributed by atoms with Crippen molar-refractivity contribution >= 4 is 11.8 Å². The predicted molar refractivity (Wildman–Crippen MR) is 77.7 cm³/mol. The minimum atomic E-state index is 0.619. The molecule has 0 bridgehead atoms. The van der Waals surface area contributed by atoms with Gasteiger partial charge in [0.2, 0.25) is 5.16 Å². The number of hydrogen-bond acceptors (Lipinski definition) is 7. The van der Waals surface area contributed by atoms with Gasteiger partial charge in [0.1, 0.15) is 6.07 Å². The Balaban J connectivity index is 2.06. The van der Waals surface area contributed by atoms with Crippen LogP contribution in [0.5, 0.6) is 0 Å². The molecule has 1 aromatic carbocycles. The molecule has 21 heavy (non-hydrogen) atoms. The Hall–Kier alpha value is -1.95. The summed E-state index contributed by atoms with van der Waals surface area (Å²) in [7, 11) is 3.44. The Kier molecular flexibility index (Phi) is 5.68. The largest absolute Gasteiger partial charge is 0.383 e. The molecule has 0 unspecified atom stereocenters. The molecule has 0 aliphatic rings. The molecule has 1 N–H and O–H groups in total. The van der Waals surface area contributed by atoms with Gasteiger partial charge >= 0.3 is 0 Å². The number of methoxy groups -OCH3 is 1. The smallest absolute Gasteiger partial charge is 0.213 e. The summed E-state index contributed by atoms with van der Waals surface area (Å²) in [5, 5.41) is 24.5. The maximum absolute atomic E-state index is 9.29. The van der Waals surface area contributed by atoms with E-state index in [1.807, 2.05) is 18.2 Å². The van der Waals surface area contributed by atoms with Crippen LogP contribution in [0.2, 0.25) is 0 Å². The molecule has 0 radical (unpaired) electrons. The van der Waals surface area contributed by atoms with Gasteiger partial charge in [-0.05, 0) is 39.9 Å². The van der Waals surface area contributed by atoms with E-state index in [9.17, 15) is 5.26 Å². The standard InChI is InChI=1S/C13H16N6OS/c1-19-13(16-17-18-19)21-12-4-3-10(7-11(12)8-14)9-15-5-6-20-2/h3-4,7,15H,5-6,9H2,1-2H3. The van der Waals surface area contributed by atoms with Gasteiger partial charge < -0.3 is 10.1 Å². The van der Waals surface area contributed by atoms with Gasteiger partial charge in [-0.1, -0.05) is 6.07 Å². The lowest BCUT2D eigenvalue weighted by atomic mass is 10.1. The summed E-state index contributed by atoms with van der Waals surface area (Å²) in [5.74, 6) is 0. The van der Waals surface area contributed by atoms with Crippen molar-refractivity contribution in [3.63, 3.8) is 0 Å². The van der Waals surface area contributed by atoms with Gasteiger partial charge in [-0.3, -0.25) is 0 Å². The number of rotatable bonds is 7. The minimum Gasteiger partial charge on any atom is -0.383 e. The van der Waals surface area contributed by atoms with Crippen molar-refractivity contribution in [1.82, 2.24) is 25.5 Å². The molecule has 0 aliphatic heterocycles. The summed E-state index contributed by atoms with van der Waals surface area (Å²) in [6, 6.07) is 8.01. The number of nitriles is 1. The zero-order valence-electron chi connectivity index (χ0n) is 11.9. The minimum absolute atomic E-state index is 0.619. The highest BCUT2D eigenvalue weighted by molar-refractivity contribution is 7.99. The predicted octanol–water partition coefficient (Wildman–Crippen LogP) is 0.969. The number of nitrogens with zero attached hydrogens (tertiary/aromatic N) is 5. The molecule has 110 valence electrons. The summed E-state index contributed by atoms with van der Waals surface area (Å²) in [6.45, 7) is 2.15. The maximum atomic E-state index is 9.29. The van der Waals surface area contributed by atoms with Crippen LogP contribution >= 0.6 is 11.8 Å².